The fraction of sp³-hybridized carbons (Fsp3) is 0.444. The number of aliphatic hydroxyl groups is 2. The van der Waals surface area contributed by atoms with Gasteiger partial charge in [-0.15, -0.1) is 0 Å². The molecule has 252 valence electrons. The largest absolute Gasteiger partial charge is 0.465 e. The second-order valence-corrected chi connectivity index (χ2v) is 12.7. The van der Waals surface area contributed by atoms with Gasteiger partial charge in [-0.25, -0.2) is 4.79 Å². The summed E-state index contributed by atoms with van der Waals surface area (Å²) >= 11 is 6.07. The van der Waals surface area contributed by atoms with Crippen molar-refractivity contribution in [3.8, 4) is 0 Å². The number of halogens is 1. The number of amides is 2. The first-order chi connectivity index (χ1) is 22.7. The molecule has 47 heavy (non-hydrogen) atoms. The number of likely N-dealkylation sites (tertiary alicyclic amines) is 1. The first-order valence-corrected chi connectivity index (χ1v) is 16.5. The summed E-state index contributed by atoms with van der Waals surface area (Å²) in [6, 6.07) is 22.5. The van der Waals surface area contributed by atoms with E-state index in [1.807, 2.05) is 72.8 Å². The molecule has 0 bridgehead atoms. The lowest BCUT2D eigenvalue weighted by molar-refractivity contribution is -0.277. The van der Waals surface area contributed by atoms with Crippen LogP contribution in [0.25, 0.3) is 0 Å². The Morgan fingerprint density at radius 3 is 2.21 bits per heavy atom. The summed E-state index contributed by atoms with van der Waals surface area (Å²) in [6.45, 7) is 6.29. The number of nitrogens with one attached hydrogen (secondary N) is 2. The first-order valence-electron chi connectivity index (χ1n) is 16.1. The maximum atomic E-state index is 12.1. The van der Waals surface area contributed by atoms with Gasteiger partial charge in [-0.3, -0.25) is 4.79 Å². The van der Waals surface area contributed by atoms with Crippen LogP contribution < -0.4 is 10.6 Å². The van der Waals surface area contributed by atoms with Gasteiger partial charge in [0.15, 0.2) is 6.29 Å². The molecule has 0 radical (unpaired) electrons. The first kappa shape index (κ1) is 34.8. The number of carbonyl (C=O) groups excluding carboxylic acids is 2. The molecular formula is C36H44ClN3O7. The number of esters is 1. The van der Waals surface area contributed by atoms with Gasteiger partial charge in [-0.2, -0.15) is 0 Å². The van der Waals surface area contributed by atoms with E-state index in [1.54, 1.807) is 6.92 Å². The molecule has 0 saturated carbocycles. The molecule has 4 N–H and O–H groups in total. The molecule has 5 rings (SSSR count). The lowest BCUT2D eigenvalue weighted by Crippen LogP contribution is -2.49. The standard InChI is InChI=1S/C36H44ClN3O7/c1-3-45-32(42)21-39-35(43)38-20-25-4-10-28(11-5-25)34-46-31(24(2)33(47-34)27-8-6-26(23-41)7-9-27)22-40-18-16-36(44,17-19-40)29-12-14-30(37)15-13-29/h4-15,24,31,33-34,41,44H,3,16-23H2,1-2H3,(H2,38,39,43). The Bertz CT molecular complexity index is 1460. The highest BCUT2D eigenvalue weighted by Gasteiger charge is 2.41. The minimum atomic E-state index is -0.888. The molecule has 2 fully saturated rings. The number of hydrogen-bond donors (Lipinski definition) is 4. The number of hydrogen-bond acceptors (Lipinski definition) is 8. The van der Waals surface area contributed by atoms with Gasteiger partial charge in [0.1, 0.15) is 6.54 Å². The van der Waals surface area contributed by atoms with E-state index in [0.29, 0.717) is 24.4 Å². The van der Waals surface area contributed by atoms with Gasteiger partial charge >= 0.3 is 12.0 Å². The average molecular weight is 666 g/mol. The molecule has 11 heteroatoms. The van der Waals surface area contributed by atoms with Crippen molar-refractivity contribution in [2.75, 3.05) is 32.8 Å². The predicted octanol–water partition coefficient (Wildman–Crippen LogP) is 4.97. The fourth-order valence-electron chi connectivity index (χ4n) is 6.14. The van der Waals surface area contributed by atoms with Gasteiger partial charge in [-0.1, -0.05) is 79.2 Å². The Hall–Kier alpha value is -3.51. The van der Waals surface area contributed by atoms with E-state index in [2.05, 4.69) is 22.5 Å². The highest BCUT2D eigenvalue weighted by atomic mass is 35.5. The summed E-state index contributed by atoms with van der Waals surface area (Å²) in [6.07, 6.45) is 0.203. The topological polar surface area (TPSA) is 130 Å². The number of rotatable bonds is 11. The molecule has 4 unspecified atom stereocenters. The molecule has 10 nitrogen and oxygen atoms in total. The Labute approximate surface area is 281 Å². The Morgan fingerprint density at radius 1 is 0.936 bits per heavy atom. The summed E-state index contributed by atoms with van der Waals surface area (Å²) in [7, 11) is 0. The molecule has 3 aromatic rings. The Morgan fingerprint density at radius 2 is 1.57 bits per heavy atom. The van der Waals surface area contributed by atoms with Crippen molar-refractivity contribution in [2.24, 2.45) is 5.92 Å². The van der Waals surface area contributed by atoms with E-state index >= 15 is 0 Å². The fourth-order valence-corrected chi connectivity index (χ4v) is 6.26. The zero-order chi connectivity index (χ0) is 33.4. The van der Waals surface area contributed by atoms with Gasteiger partial charge in [0.2, 0.25) is 0 Å². The van der Waals surface area contributed by atoms with Crippen LogP contribution in [-0.4, -0.2) is 66.0 Å². The van der Waals surface area contributed by atoms with Crippen LogP contribution in [0.1, 0.15) is 66.9 Å². The number of benzene rings is 3. The Kier molecular flexibility index (Phi) is 11.9. The van der Waals surface area contributed by atoms with Gasteiger partial charge in [-0.05, 0) is 54.2 Å². The summed E-state index contributed by atoms with van der Waals surface area (Å²) in [5.41, 5.74) is 3.57. The van der Waals surface area contributed by atoms with Crippen LogP contribution >= 0.6 is 11.6 Å². The second-order valence-electron chi connectivity index (χ2n) is 12.2. The van der Waals surface area contributed by atoms with Crippen molar-refractivity contribution in [1.82, 2.24) is 15.5 Å². The zero-order valence-electron chi connectivity index (χ0n) is 26.9. The molecular weight excluding hydrogens is 622 g/mol. The van der Waals surface area contributed by atoms with Gasteiger partial charge in [0, 0.05) is 42.7 Å². The highest BCUT2D eigenvalue weighted by molar-refractivity contribution is 6.30. The third kappa shape index (κ3) is 9.10. The SMILES string of the molecule is CCOC(=O)CNC(=O)NCc1ccc(C2OC(CN3CCC(O)(c4ccc(Cl)cc4)CC3)C(C)C(c3ccc(CO)cc3)O2)cc1. The van der Waals surface area contributed by atoms with Crippen LogP contribution in [0.15, 0.2) is 72.8 Å². The molecule has 2 aliphatic heterocycles. The molecule has 2 aliphatic rings. The summed E-state index contributed by atoms with van der Waals surface area (Å²) in [4.78, 5) is 25.9. The minimum absolute atomic E-state index is 0.0265. The maximum Gasteiger partial charge on any atom is 0.325 e. The maximum absolute atomic E-state index is 12.1. The predicted molar refractivity (Wildman–Crippen MR) is 177 cm³/mol. The van der Waals surface area contributed by atoms with Crippen molar-refractivity contribution in [3.05, 3.63) is 106 Å². The molecule has 0 aromatic heterocycles. The quantitative estimate of drug-likeness (QED) is 0.211. The van der Waals surface area contributed by atoms with Crippen LogP contribution in [0.2, 0.25) is 5.02 Å². The normalized spacial score (nSPS) is 22.7. The molecule has 2 heterocycles. The van der Waals surface area contributed by atoms with Crippen molar-refractivity contribution in [1.29, 1.82) is 0 Å². The molecule has 2 saturated heterocycles. The van der Waals surface area contributed by atoms with E-state index in [-0.39, 0.29) is 44.4 Å². The van der Waals surface area contributed by atoms with Crippen LogP contribution in [-0.2, 0) is 37.8 Å². The number of piperidine rings is 1. The van der Waals surface area contributed by atoms with Crippen LogP contribution in [0.4, 0.5) is 4.79 Å². The van der Waals surface area contributed by atoms with Gasteiger partial charge in [0.05, 0.1) is 31.0 Å². The van der Waals surface area contributed by atoms with Crippen LogP contribution in [0, 0.1) is 5.92 Å². The summed E-state index contributed by atoms with van der Waals surface area (Å²) < 4.78 is 18.1. The molecule has 2 amide bonds. The number of aliphatic hydroxyl groups excluding tert-OH is 1. The second kappa shape index (κ2) is 16.1. The molecule has 0 aliphatic carbocycles. The zero-order valence-corrected chi connectivity index (χ0v) is 27.6. The monoisotopic (exact) mass is 665 g/mol. The van der Waals surface area contributed by atoms with Crippen molar-refractivity contribution in [3.63, 3.8) is 0 Å². The number of ether oxygens (including phenoxy) is 3. The van der Waals surface area contributed by atoms with Crippen LogP contribution in [0.3, 0.4) is 0 Å². The van der Waals surface area contributed by atoms with E-state index in [1.165, 1.54) is 0 Å². The summed E-state index contributed by atoms with van der Waals surface area (Å²) in [5.74, 6) is -0.464. The molecule has 4 atom stereocenters. The molecule has 0 spiro atoms. The number of nitrogens with zero attached hydrogens (tertiary/aromatic N) is 1. The summed E-state index contributed by atoms with van der Waals surface area (Å²) in [5, 5.41) is 26.8. The van der Waals surface area contributed by atoms with Crippen molar-refractivity contribution in [2.45, 2.75) is 63.9 Å². The lowest BCUT2D eigenvalue weighted by atomic mass is 9.84. The highest BCUT2D eigenvalue weighted by Crippen LogP contribution is 2.42. The van der Waals surface area contributed by atoms with E-state index in [9.17, 15) is 19.8 Å². The smallest absolute Gasteiger partial charge is 0.325 e. The van der Waals surface area contributed by atoms with E-state index in [4.69, 9.17) is 25.8 Å². The van der Waals surface area contributed by atoms with Gasteiger partial charge in [0.25, 0.3) is 0 Å². The van der Waals surface area contributed by atoms with E-state index < -0.39 is 23.9 Å². The third-order valence-corrected chi connectivity index (χ3v) is 9.28. The number of carbonyl (C=O) groups is 2. The third-order valence-electron chi connectivity index (χ3n) is 9.03. The van der Waals surface area contributed by atoms with Gasteiger partial charge < -0.3 is 40.0 Å². The number of urea groups is 1. The van der Waals surface area contributed by atoms with E-state index in [0.717, 1.165) is 40.9 Å². The lowest BCUT2D eigenvalue weighted by Gasteiger charge is -2.45. The van der Waals surface area contributed by atoms with Crippen LogP contribution in [0.5, 0.6) is 0 Å². The van der Waals surface area contributed by atoms with Crippen molar-refractivity contribution < 1.29 is 34.0 Å². The van der Waals surface area contributed by atoms with Crippen molar-refractivity contribution >= 4 is 23.6 Å². The minimum Gasteiger partial charge on any atom is -0.465 e. The Balaban J connectivity index is 1.25. The molecule has 3 aromatic carbocycles. The average Bonchev–Trinajstić information content (AvgIpc) is 3.09.